The predicted molar refractivity (Wildman–Crippen MR) is 118 cm³/mol. The van der Waals surface area contributed by atoms with Gasteiger partial charge in [-0.15, -0.1) is 0 Å². The fourth-order valence-electron chi connectivity index (χ4n) is 2.78. The number of carbonyl (C=O) groups excluding carboxylic acids is 2. The molecule has 0 fully saturated rings. The maximum absolute atomic E-state index is 11.1. The van der Waals surface area contributed by atoms with Crippen molar-refractivity contribution in [3.63, 3.8) is 0 Å². The van der Waals surface area contributed by atoms with E-state index < -0.39 is 0 Å². The standard InChI is InChI=1S/2C12H22O2/c1-6-11(13)14-8-7-10(2)9-12(3,4)5;1-5-7-8-11(6-2)9-14-12(13)10(3)4/h6,10H,1,7-9H2,2-5H3;11H,3,5-9H2,1-2,4H3. The topological polar surface area (TPSA) is 52.6 Å². The van der Waals surface area contributed by atoms with Gasteiger partial charge in [-0.05, 0) is 43.4 Å². The summed E-state index contributed by atoms with van der Waals surface area (Å²) in [6.07, 6.45) is 7.91. The van der Waals surface area contributed by atoms with Crippen LogP contribution in [0.2, 0.25) is 0 Å². The summed E-state index contributed by atoms with van der Waals surface area (Å²) in [6, 6.07) is 0. The zero-order valence-electron chi connectivity index (χ0n) is 19.4. The Bertz CT molecular complexity index is 460. The second-order valence-electron chi connectivity index (χ2n) is 8.83. The normalized spacial score (nSPS) is 12.8. The highest BCUT2D eigenvalue weighted by atomic mass is 16.5. The van der Waals surface area contributed by atoms with Crippen molar-refractivity contribution in [2.45, 2.75) is 87.0 Å². The average Bonchev–Trinajstić information content (AvgIpc) is 2.60. The van der Waals surface area contributed by atoms with Gasteiger partial charge >= 0.3 is 11.9 Å². The first kappa shape index (κ1) is 28.6. The molecule has 0 saturated heterocycles. The number of hydrogen-bond acceptors (Lipinski definition) is 4. The van der Waals surface area contributed by atoms with Crippen LogP contribution >= 0.6 is 0 Å². The van der Waals surface area contributed by atoms with Gasteiger partial charge in [0.05, 0.1) is 13.2 Å². The summed E-state index contributed by atoms with van der Waals surface area (Å²) in [4.78, 5) is 21.9. The molecule has 0 saturated carbocycles. The van der Waals surface area contributed by atoms with Gasteiger partial charge in [-0.3, -0.25) is 0 Å². The highest BCUT2D eigenvalue weighted by molar-refractivity contribution is 5.86. The molecule has 0 amide bonds. The van der Waals surface area contributed by atoms with E-state index in [1.807, 2.05) is 0 Å². The van der Waals surface area contributed by atoms with E-state index in [0.29, 0.717) is 36.0 Å². The fraction of sp³-hybridized carbons (Fsp3) is 0.750. The van der Waals surface area contributed by atoms with E-state index in [4.69, 9.17) is 9.47 Å². The molecule has 0 aromatic rings. The molecule has 2 atom stereocenters. The quantitative estimate of drug-likeness (QED) is 0.279. The summed E-state index contributed by atoms with van der Waals surface area (Å²) in [5, 5.41) is 0. The maximum Gasteiger partial charge on any atom is 0.333 e. The van der Waals surface area contributed by atoms with Crippen LogP contribution in [0.1, 0.15) is 87.0 Å². The zero-order chi connectivity index (χ0) is 22.2. The van der Waals surface area contributed by atoms with Gasteiger partial charge in [-0.1, -0.05) is 74.0 Å². The first-order chi connectivity index (χ1) is 13.0. The number of carbonyl (C=O) groups is 2. The number of rotatable bonds is 12. The molecular weight excluding hydrogens is 352 g/mol. The van der Waals surface area contributed by atoms with Crippen molar-refractivity contribution in [1.82, 2.24) is 0 Å². The summed E-state index contributed by atoms with van der Waals surface area (Å²) in [5.41, 5.74) is 0.831. The van der Waals surface area contributed by atoms with Crippen molar-refractivity contribution in [2.24, 2.45) is 17.3 Å². The van der Waals surface area contributed by atoms with Gasteiger partial charge in [-0.2, -0.15) is 0 Å². The van der Waals surface area contributed by atoms with Gasteiger partial charge in [0, 0.05) is 11.6 Å². The number of hydrogen-bond donors (Lipinski definition) is 0. The Balaban J connectivity index is 0. The highest BCUT2D eigenvalue weighted by Gasteiger charge is 2.15. The van der Waals surface area contributed by atoms with Gasteiger partial charge < -0.3 is 9.47 Å². The molecule has 0 bridgehead atoms. The lowest BCUT2D eigenvalue weighted by Gasteiger charge is -2.22. The van der Waals surface area contributed by atoms with Crippen LogP contribution in [0, 0.1) is 17.3 Å². The van der Waals surface area contributed by atoms with E-state index in [2.05, 4.69) is 54.7 Å². The van der Waals surface area contributed by atoms with Crippen molar-refractivity contribution < 1.29 is 19.1 Å². The van der Waals surface area contributed by atoms with Crippen molar-refractivity contribution in [3.8, 4) is 0 Å². The van der Waals surface area contributed by atoms with Crippen LogP contribution in [-0.4, -0.2) is 25.2 Å². The Kier molecular flexibility index (Phi) is 16.7. The minimum Gasteiger partial charge on any atom is -0.463 e. The van der Waals surface area contributed by atoms with Gasteiger partial charge in [0.15, 0.2) is 0 Å². The number of esters is 2. The third-order valence-electron chi connectivity index (χ3n) is 4.32. The molecule has 4 nitrogen and oxygen atoms in total. The fourth-order valence-corrected chi connectivity index (χ4v) is 2.78. The van der Waals surface area contributed by atoms with Crippen LogP contribution in [-0.2, 0) is 19.1 Å². The Labute approximate surface area is 173 Å². The summed E-state index contributed by atoms with van der Waals surface area (Å²) in [6.45, 7) is 22.8. The molecule has 0 aliphatic carbocycles. The van der Waals surface area contributed by atoms with Crippen LogP contribution in [0.3, 0.4) is 0 Å². The molecule has 28 heavy (non-hydrogen) atoms. The molecule has 0 aromatic carbocycles. The Morgan fingerprint density at radius 3 is 2.14 bits per heavy atom. The molecule has 164 valence electrons. The molecule has 0 radical (unpaired) electrons. The highest BCUT2D eigenvalue weighted by Crippen LogP contribution is 2.25. The van der Waals surface area contributed by atoms with Crippen LogP contribution in [0.5, 0.6) is 0 Å². The second-order valence-corrected chi connectivity index (χ2v) is 8.83. The Hall–Kier alpha value is -1.58. The SMILES string of the molecule is C=C(C)C(=O)OCC(CC)CCCC.C=CC(=O)OCCC(C)CC(C)(C)C. The number of ether oxygens (including phenoxy) is 2. The van der Waals surface area contributed by atoms with Gasteiger partial charge in [0.2, 0.25) is 0 Å². The van der Waals surface area contributed by atoms with E-state index in [9.17, 15) is 9.59 Å². The molecular formula is C24H44O4. The van der Waals surface area contributed by atoms with E-state index in [1.165, 1.54) is 18.9 Å². The smallest absolute Gasteiger partial charge is 0.333 e. The summed E-state index contributed by atoms with van der Waals surface area (Å²) in [5.74, 6) is 0.513. The maximum atomic E-state index is 11.1. The molecule has 0 spiro atoms. The Morgan fingerprint density at radius 1 is 1.11 bits per heavy atom. The van der Waals surface area contributed by atoms with E-state index in [1.54, 1.807) is 6.92 Å². The van der Waals surface area contributed by atoms with Gasteiger partial charge in [0.25, 0.3) is 0 Å². The van der Waals surface area contributed by atoms with Crippen LogP contribution in [0.4, 0.5) is 0 Å². The summed E-state index contributed by atoms with van der Waals surface area (Å²) < 4.78 is 10.0. The van der Waals surface area contributed by atoms with Crippen molar-refractivity contribution in [1.29, 1.82) is 0 Å². The Morgan fingerprint density at radius 2 is 1.71 bits per heavy atom. The van der Waals surface area contributed by atoms with Gasteiger partial charge in [-0.25, -0.2) is 9.59 Å². The molecule has 0 aliphatic rings. The first-order valence-electron chi connectivity index (χ1n) is 10.6. The van der Waals surface area contributed by atoms with E-state index >= 15 is 0 Å². The van der Waals surface area contributed by atoms with Gasteiger partial charge in [0.1, 0.15) is 0 Å². The summed E-state index contributed by atoms with van der Waals surface area (Å²) >= 11 is 0. The van der Waals surface area contributed by atoms with E-state index in [-0.39, 0.29) is 11.9 Å². The molecule has 0 rings (SSSR count). The van der Waals surface area contributed by atoms with Crippen molar-refractivity contribution >= 4 is 11.9 Å². The third-order valence-corrected chi connectivity index (χ3v) is 4.32. The predicted octanol–water partition coefficient (Wildman–Crippen LogP) is 6.50. The van der Waals surface area contributed by atoms with Crippen molar-refractivity contribution in [3.05, 3.63) is 24.8 Å². The minimum atomic E-state index is -0.326. The van der Waals surface area contributed by atoms with Crippen LogP contribution in [0.25, 0.3) is 0 Å². The average molecular weight is 397 g/mol. The third kappa shape index (κ3) is 19.2. The van der Waals surface area contributed by atoms with Crippen LogP contribution in [0.15, 0.2) is 24.8 Å². The second kappa shape index (κ2) is 16.4. The summed E-state index contributed by atoms with van der Waals surface area (Å²) in [7, 11) is 0. The lowest BCUT2D eigenvalue weighted by atomic mass is 9.84. The monoisotopic (exact) mass is 396 g/mol. The number of unbranched alkanes of at least 4 members (excludes halogenated alkanes) is 1. The lowest BCUT2D eigenvalue weighted by molar-refractivity contribution is -0.140. The molecule has 0 N–H and O–H groups in total. The largest absolute Gasteiger partial charge is 0.463 e. The lowest BCUT2D eigenvalue weighted by Crippen LogP contribution is -2.14. The molecule has 4 heteroatoms. The molecule has 0 aliphatic heterocycles. The molecule has 2 unspecified atom stereocenters. The van der Waals surface area contributed by atoms with E-state index in [0.717, 1.165) is 25.7 Å². The molecule has 0 aromatic heterocycles. The minimum absolute atomic E-state index is 0.264. The van der Waals surface area contributed by atoms with Crippen molar-refractivity contribution in [2.75, 3.05) is 13.2 Å². The zero-order valence-corrected chi connectivity index (χ0v) is 19.4. The van der Waals surface area contributed by atoms with Crippen LogP contribution < -0.4 is 0 Å². The first-order valence-corrected chi connectivity index (χ1v) is 10.6. The molecule has 0 heterocycles.